The summed E-state index contributed by atoms with van der Waals surface area (Å²) in [6.45, 7) is 4.78. The van der Waals surface area contributed by atoms with Crippen LogP contribution < -0.4 is 5.32 Å². The van der Waals surface area contributed by atoms with Gasteiger partial charge in [0.25, 0.3) is 0 Å². The van der Waals surface area contributed by atoms with Crippen LogP contribution in [0.3, 0.4) is 0 Å². The molecule has 3 heteroatoms. The van der Waals surface area contributed by atoms with E-state index in [9.17, 15) is 5.11 Å². The van der Waals surface area contributed by atoms with Gasteiger partial charge in [0.1, 0.15) is 6.10 Å². The first kappa shape index (κ1) is 11.1. The number of nitrogens with one attached hydrogen (secondary N) is 1. The van der Waals surface area contributed by atoms with Crippen molar-refractivity contribution in [2.24, 2.45) is 0 Å². The molecular formula is C11H18N2O. The van der Waals surface area contributed by atoms with Crippen molar-refractivity contribution in [2.45, 2.75) is 32.4 Å². The Morgan fingerprint density at radius 2 is 2.29 bits per heavy atom. The predicted octanol–water partition coefficient (Wildman–Crippen LogP) is 1.50. The molecule has 0 aliphatic heterocycles. The van der Waals surface area contributed by atoms with Gasteiger partial charge in [-0.05, 0) is 25.5 Å². The van der Waals surface area contributed by atoms with Crippen molar-refractivity contribution in [3.8, 4) is 0 Å². The van der Waals surface area contributed by atoms with E-state index in [1.165, 1.54) is 0 Å². The van der Waals surface area contributed by atoms with Gasteiger partial charge in [-0.3, -0.25) is 4.98 Å². The van der Waals surface area contributed by atoms with Crippen LogP contribution in [-0.4, -0.2) is 22.7 Å². The van der Waals surface area contributed by atoms with Crippen molar-refractivity contribution in [1.29, 1.82) is 0 Å². The molecule has 0 aliphatic rings. The lowest BCUT2D eigenvalue weighted by Gasteiger charge is -2.15. The zero-order valence-electron chi connectivity index (χ0n) is 8.77. The number of pyridine rings is 1. The first-order valence-corrected chi connectivity index (χ1v) is 5.06. The molecule has 0 aliphatic carbocycles. The number of rotatable bonds is 5. The first-order chi connectivity index (χ1) is 6.74. The van der Waals surface area contributed by atoms with Crippen molar-refractivity contribution in [3.63, 3.8) is 0 Å². The molecule has 0 radical (unpaired) electrons. The van der Waals surface area contributed by atoms with Crippen molar-refractivity contribution < 1.29 is 5.11 Å². The lowest BCUT2D eigenvalue weighted by molar-refractivity contribution is 0.166. The van der Waals surface area contributed by atoms with Gasteiger partial charge < -0.3 is 10.4 Å². The standard InChI is InChI=1S/C11H18N2O/c1-3-9(2)13-8-11(14)10-6-4-5-7-12-10/h4-7,9,11,13-14H,3,8H2,1-2H3. The number of aliphatic hydroxyl groups is 1. The van der Waals surface area contributed by atoms with Crippen LogP contribution in [0.25, 0.3) is 0 Å². The smallest absolute Gasteiger partial charge is 0.108 e. The van der Waals surface area contributed by atoms with Gasteiger partial charge in [0.2, 0.25) is 0 Å². The molecule has 0 bridgehead atoms. The normalized spacial score (nSPS) is 15.1. The number of hydrogen-bond donors (Lipinski definition) is 2. The van der Waals surface area contributed by atoms with E-state index in [0.717, 1.165) is 12.1 Å². The Morgan fingerprint density at radius 1 is 1.50 bits per heavy atom. The summed E-state index contributed by atoms with van der Waals surface area (Å²) in [6, 6.07) is 6.00. The number of nitrogens with zero attached hydrogens (tertiary/aromatic N) is 1. The van der Waals surface area contributed by atoms with Gasteiger partial charge >= 0.3 is 0 Å². The molecule has 1 aromatic heterocycles. The molecule has 3 nitrogen and oxygen atoms in total. The summed E-state index contributed by atoms with van der Waals surface area (Å²) >= 11 is 0. The van der Waals surface area contributed by atoms with Crippen LogP contribution >= 0.6 is 0 Å². The monoisotopic (exact) mass is 194 g/mol. The highest BCUT2D eigenvalue weighted by Crippen LogP contribution is 2.07. The summed E-state index contributed by atoms with van der Waals surface area (Å²) < 4.78 is 0. The van der Waals surface area contributed by atoms with E-state index in [4.69, 9.17) is 0 Å². The molecule has 0 spiro atoms. The zero-order chi connectivity index (χ0) is 10.4. The molecule has 0 aromatic carbocycles. The van der Waals surface area contributed by atoms with Crippen LogP contribution in [0.4, 0.5) is 0 Å². The van der Waals surface area contributed by atoms with Crippen LogP contribution in [-0.2, 0) is 0 Å². The Balaban J connectivity index is 2.39. The van der Waals surface area contributed by atoms with Crippen LogP contribution in [0.5, 0.6) is 0 Å². The highest BCUT2D eigenvalue weighted by Gasteiger charge is 2.08. The van der Waals surface area contributed by atoms with Gasteiger partial charge in [-0.1, -0.05) is 13.0 Å². The minimum atomic E-state index is -0.509. The summed E-state index contributed by atoms with van der Waals surface area (Å²) in [4.78, 5) is 4.09. The Labute approximate surface area is 85.2 Å². The van der Waals surface area contributed by atoms with Gasteiger partial charge in [0.05, 0.1) is 5.69 Å². The maximum Gasteiger partial charge on any atom is 0.108 e. The summed E-state index contributed by atoms with van der Waals surface area (Å²) in [5.74, 6) is 0. The lowest BCUT2D eigenvalue weighted by Crippen LogP contribution is -2.30. The third kappa shape index (κ3) is 3.44. The van der Waals surface area contributed by atoms with Gasteiger partial charge in [-0.2, -0.15) is 0 Å². The molecule has 1 rings (SSSR count). The fourth-order valence-corrected chi connectivity index (χ4v) is 1.13. The van der Waals surface area contributed by atoms with Crippen molar-refractivity contribution in [3.05, 3.63) is 30.1 Å². The number of hydrogen-bond acceptors (Lipinski definition) is 3. The van der Waals surface area contributed by atoms with E-state index in [-0.39, 0.29) is 0 Å². The van der Waals surface area contributed by atoms with Gasteiger partial charge in [-0.25, -0.2) is 0 Å². The molecule has 78 valence electrons. The SMILES string of the molecule is CCC(C)NCC(O)c1ccccn1. The summed E-state index contributed by atoms with van der Waals surface area (Å²) in [5, 5.41) is 13.0. The molecule has 2 unspecified atom stereocenters. The highest BCUT2D eigenvalue weighted by molar-refractivity contribution is 5.06. The fraction of sp³-hybridized carbons (Fsp3) is 0.545. The largest absolute Gasteiger partial charge is 0.385 e. The maximum atomic E-state index is 9.74. The van der Waals surface area contributed by atoms with Gasteiger partial charge in [0.15, 0.2) is 0 Å². The molecule has 1 aromatic rings. The Bertz CT molecular complexity index is 251. The molecule has 14 heavy (non-hydrogen) atoms. The molecule has 2 atom stereocenters. The average Bonchev–Trinajstić information content (AvgIpc) is 2.26. The zero-order valence-corrected chi connectivity index (χ0v) is 8.77. The highest BCUT2D eigenvalue weighted by atomic mass is 16.3. The summed E-state index contributed by atoms with van der Waals surface area (Å²) in [6.07, 6.45) is 2.25. The van der Waals surface area contributed by atoms with Crippen molar-refractivity contribution in [1.82, 2.24) is 10.3 Å². The third-order valence-electron chi connectivity index (χ3n) is 2.30. The Kier molecular flexibility index (Phi) is 4.56. The number of aromatic nitrogens is 1. The van der Waals surface area contributed by atoms with E-state index < -0.39 is 6.10 Å². The van der Waals surface area contributed by atoms with Crippen LogP contribution in [0.2, 0.25) is 0 Å². The van der Waals surface area contributed by atoms with Crippen molar-refractivity contribution >= 4 is 0 Å². The second kappa shape index (κ2) is 5.73. The van der Waals surface area contributed by atoms with Gasteiger partial charge in [0, 0.05) is 18.8 Å². The fourth-order valence-electron chi connectivity index (χ4n) is 1.13. The van der Waals surface area contributed by atoms with E-state index >= 15 is 0 Å². The lowest BCUT2D eigenvalue weighted by atomic mass is 10.2. The molecular weight excluding hydrogens is 176 g/mol. The van der Waals surface area contributed by atoms with E-state index in [1.54, 1.807) is 6.20 Å². The van der Waals surface area contributed by atoms with Crippen molar-refractivity contribution in [2.75, 3.05) is 6.54 Å². The average molecular weight is 194 g/mol. The Morgan fingerprint density at radius 3 is 2.86 bits per heavy atom. The quantitative estimate of drug-likeness (QED) is 0.746. The molecule has 0 amide bonds. The molecule has 0 saturated carbocycles. The Hall–Kier alpha value is -0.930. The number of aliphatic hydroxyl groups excluding tert-OH is 1. The topological polar surface area (TPSA) is 45.1 Å². The minimum absolute atomic E-state index is 0.438. The van der Waals surface area contributed by atoms with Crippen LogP contribution in [0.15, 0.2) is 24.4 Å². The second-order valence-corrected chi connectivity index (χ2v) is 3.49. The molecule has 0 fully saturated rings. The first-order valence-electron chi connectivity index (χ1n) is 5.06. The molecule has 0 saturated heterocycles. The third-order valence-corrected chi connectivity index (χ3v) is 2.30. The van der Waals surface area contributed by atoms with Gasteiger partial charge in [-0.15, -0.1) is 0 Å². The second-order valence-electron chi connectivity index (χ2n) is 3.49. The maximum absolute atomic E-state index is 9.74. The van der Waals surface area contributed by atoms with E-state index in [1.807, 2.05) is 18.2 Å². The van der Waals surface area contributed by atoms with E-state index in [0.29, 0.717) is 12.6 Å². The summed E-state index contributed by atoms with van der Waals surface area (Å²) in [7, 11) is 0. The van der Waals surface area contributed by atoms with Crippen LogP contribution in [0.1, 0.15) is 32.1 Å². The molecule has 1 heterocycles. The minimum Gasteiger partial charge on any atom is -0.385 e. The summed E-state index contributed by atoms with van der Waals surface area (Å²) in [5.41, 5.74) is 0.725. The van der Waals surface area contributed by atoms with Crippen LogP contribution in [0, 0.1) is 0 Å². The molecule has 2 N–H and O–H groups in total. The predicted molar refractivity (Wildman–Crippen MR) is 57.0 cm³/mol. The van der Waals surface area contributed by atoms with E-state index in [2.05, 4.69) is 24.1 Å².